The summed E-state index contributed by atoms with van der Waals surface area (Å²) in [5.41, 5.74) is 0.467. The van der Waals surface area contributed by atoms with Crippen LogP contribution in [0.3, 0.4) is 0 Å². The van der Waals surface area contributed by atoms with Gasteiger partial charge in [-0.1, -0.05) is 13.8 Å². The van der Waals surface area contributed by atoms with Gasteiger partial charge in [0.1, 0.15) is 0 Å². The zero-order valence-corrected chi connectivity index (χ0v) is 19.9. The Hall–Kier alpha value is -2.61. The molecule has 0 unspecified atom stereocenters. The number of aryl methyl sites for hydroxylation is 1. The van der Waals surface area contributed by atoms with Crippen molar-refractivity contribution in [2.75, 3.05) is 18.0 Å². The molecule has 1 atom stereocenters. The third kappa shape index (κ3) is 5.32. The first-order chi connectivity index (χ1) is 15.2. The number of aliphatic carboxylic acids is 1. The van der Waals surface area contributed by atoms with E-state index in [1.807, 2.05) is 4.90 Å². The summed E-state index contributed by atoms with van der Waals surface area (Å²) in [7, 11) is 0. The molecule has 5 nitrogen and oxygen atoms in total. The number of piperidine rings is 1. The topological polar surface area (TPSA) is 62.7 Å². The summed E-state index contributed by atoms with van der Waals surface area (Å²) in [5.74, 6) is -5.43. The van der Waals surface area contributed by atoms with Gasteiger partial charge in [0.05, 0.1) is 11.3 Å². The molecule has 0 radical (unpaired) electrons. The van der Waals surface area contributed by atoms with E-state index in [0.29, 0.717) is 30.0 Å². The number of rotatable bonds is 5. The van der Waals surface area contributed by atoms with E-state index in [0.717, 1.165) is 25.0 Å². The second kappa shape index (κ2) is 8.97. The summed E-state index contributed by atoms with van der Waals surface area (Å²) in [6, 6.07) is 2.01. The average molecular weight is 465 g/mol. The lowest BCUT2D eigenvalue weighted by atomic mass is 9.82. The number of carboxylic acids is 1. The van der Waals surface area contributed by atoms with Crippen molar-refractivity contribution in [1.82, 2.24) is 4.98 Å². The highest BCUT2D eigenvalue weighted by atomic mass is 19.2. The van der Waals surface area contributed by atoms with E-state index in [2.05, 4.69) is 18.8 Å². The molecule has 8 heteroatoms. The minimum Gasteiger partial charge on any atom is -0.479 e. The molecule has 3 rings (SSSR count). The van der Waals surface area contributed by atoms with Crippen LogP contribution in [0.15, 0.2) is 18.3 Å². The summed E-state index contributed by atoms with van der Waals surface area (Å²) in [6.45, 7) is 12.4. The predicted octanol–water partition coefficient (Wildman–Crippen LogP) is 6.04. The summed E-state index contributed by atoms with van der Waals surface area (Å²) in [5, 5.41) is 10.1. The minimum atomic E-state index is -1.58. The van der Waals surface area contributed by atoms with Gasteiger partial charge in [-0.3, -0.25) is 4.98 Å². The zero-order valence-electron chi connectivity index (χ0n) is 19.9. The third-order valence-corrected chi connectivity index (χ3v) is 6.00. The number of pyridine rings is 1. The maximum absolute atomic E-state index is 14.9. The van der Waals surface area contributed by atoms with Crippen LogP contribution in [0.5, 0.6) is 0 Å². The number of anilines is 1. The van der Waals surface area contributed by atoms with Crippen LogP contribution >= 0.6 is 0 Å². The van der Waals surface area contributed by atoms with E-state index in [9.17, 15) is 23.1 Å². The van der Waals surface area contributed by atoms with Crippen molar-refractivity contribution in [2.24, 2.45) is 5.41 Å². The van der Waals surface area contributed by atoms with Gasteiger partial charge in [-0.15, -0.1) is 0 Å². The fourth-order valence-electron chi connectivity index (χ4n) is 4.12. The standard InChI is InChI=1S/C25H31F3N2O3/c1-14-18(22(23(31)32)33-24(2,3)4)21(30-11-9-25(5,6)10-12-30)16(13-29-14)15-7-8-17(26)20(28)19(15)27/h7-8,13,22H,9-12H2,1-6H3,(H,31,32)/t22-/m0/s1. The van der Waals surface area contributed by atoms with Crippen molar-refractivity contribution in [1.29, 1.82) is 0 Å². The highest BCUT2D eigenvalue weighted by Crippen LogP contribution is 2.44. The Balaban J connectivity index is 2.30. The Labute approximate surface area is 192 Å². The lowest BCUT2D eigenvalue weighted by Crippen LogP contribution is -2.39. The SMILES string of the molecule is Cc1ncc(-c2ccc(F)c(F)c2F)c(N2CCC(C)(C)CC2)c1[C@H](OC(C)(C)C)C(=O)O. The number of nitrogens with zero attached hydrogens (tertiary/aromatic N) is 2. The number of aromatic nitrogens is 1. The van der Waals surface area contributed by atoms with Crippen molar-refractivity contribution in [3.63, 3.8) is 0 Å². The maximum atomic E-state index is 14.9. The lowest BCUT2D eigenvalue weighted by molar-refractivity contribution is -0.160. The molecule has 1 aliphatic rings. The van der Waals surface area contributed by atoms with Crippen LogP contribution in [0.2, 0.25) is 0 Å². The van der Waals surface area contributed by atoms with Gasteiger partial charge in [0.25, 0.3) is 0 Å². The molecule has 2 aromatic rings. The molecule has 1 saturated heterocycles. The number of ether oxygens (including phenoxy) is 1. The third-order valence-electron chi connectivity index (χ3n) is 6.00. The largest absolute Gasteiger partial charge is 0.479 e. The molecule has 0 saturated carbocycles. The summed E-state index contributed by atoms with van der Waals surface area (Å²) in [6.07, 6.45) is 1.66. The van der Waals surface area contributed by atoms with Crippen molar-refractivity contribution in [3.05, 3.63) is 47.0 Å². The molecular weight excluding hydrogens is 433 g/mol. The van der Waals surface area contributed by atoms with Crippen molar-refractivity contribution >= 4 is 11.7 Å². The van der Waals surface area contributed by atoms with E-state index >= 15 is 0 Å². The molecule has 1 aliphatic heterocycles. The van der Waals surface area contributed by atoms with Crippen LogP contribution in [0, 0.1) is 29.8 Å². The van der Waals surface area contributed by atoms with E-state index < -0.39 is 35.1 Å². The second-order valence-electron chi connectivity index (χ2n) is 10.3. The van der Waals surface area contributed by atoms with E-state index in [1.54, 1.807) is 27.7 Å². The van der Waals surface area contributed by atoms with Crippen molar-refractivity contribution in [3.8, 4) is 11.1 Å². The average Bonchev–Trinajstić information content (AvgIpc) is 2.70. The smallest absolute Gasteiger partial charge is 0.337 e. The van der Waals surface area contributed by atoms with Crippen molar-refractivity contribution < 1.29 is 27.8 Å². The Bertz CT molecular complexity index is 1050. The minimum absolute atomic E-state index is 0.0975. The van der Waals surface area contributed by atoms with Gasteiger partial charge < -0.3 is 14.7 Å². The molecule has 0 spiro atoms. The first-order valence-corrected chi connectivity index (χ1v) is 11.0. The van der Waals surface area contributed by atoms with Crippen LogP contribution in [0.4, 0.5) is 18.9 Å². The summed E-state index contributed by atoms with van der Waals surface area (Å²) < 4.78 is 48.6. The molecular formula is C25H31F3N2O3. The number of halogens is 3. The van der Waals surface area contributed by atoms with E-state index in [4.69, 9.17) is 4.74 Å². The molecule has 180 valence electrons. The molecule has 33 heavy (non-hydrogen) atoms. The number of carboxylic acid groups (broad SMARTS) is 1. The zero-order chi connectivity index (χ0) is 24.7. The van der Waals surface area contributed by atoms with Gasteiger partial charge in [0, 0.05) is 41.7 Å². The fourth-order valence-corrected chi connectivity index (χ4v) is 4.12. The Morgan fingerprint density at radius 2 is 1.73 bits per heavy atom. The van der Waals surface area contributed by atoms with Crippen LogP contribution in [0.25, 0.3) is 11.1 Å². The van der Waals surface area contributed by atoms with E-state index in [-0.39, 0.29) is 16.5 Å². The molecule has 0 amide bonds. The number of carbonyl (C=O) groups is 1. The Morgan fingerprint density at radius 1 is 1.12 bits per heavy atom. The number of hydrogen-bond donors (Lipinski definition) is 1. The highest BCUT2D eigenvalue weighted by Gasteiger charge is 2.36. The van der Waals surface area contributed by atoms with E-state index in [1.165, 1.54) is 6.20 Å². The molecule has 1 aromatic heterocycles. The van der Waals surface area contributed by atoms with Crippen LogP contribution in [0.1, 0.15) is 64.8 Å². The van der Waals surface area contributed by atoms with Gasteiger partial charge in [-0.2, -0.15) is 0 Å². The van der Waals surface area contributed by atoms with Crippen molar-refractivity contribution in [2.45, 2.75) is 66.1 Å². The van der Waals surface area contributed by atoms with Gasteiger partial charge in [0.15, 0.2) is 23.6 Å². The maximum Gasteiger partial charge on any atom is 0.337 e. The highest BCUT2D eigenvalue weighted by molar-refractivity contribution is 5.86. The summed E-state index contributed by atoms with van der Waals surface area (Å²) in [4.78, 5) is 18.6. The number of hydrogen-bond acceptors (Lipinski definition) is 4. The monoisotopic (exact) mass is 464 g/mol. The lowest BCUT2D eigenvalue weighted by Gasteiger charge is -2.41. The summed E-state index contributed by atoms with van der Waals surface area (Å²) >= 11 is 0. The molecule has 1 N–H and O–H groups in total. The molecule has 1 aromatic carbocycles. The van der Waals surface area contributed by atoms with Gasteiger partial charge >= 0.3 is 5.97 Å². The first kappa shape index (κ1) is 25.0. The first-order valence-electron chi connectivity index (χ1n) is 11.0. The molecule has 1 fully saturated rings. The predicted molar refractivity (Wildman–Crippen MR) is 121 cm³/mol. The molecule has 0 aliphatic carbocycles. The molecule has 0 bridgehead atoms. The normalized spacial score (nSPS) is 17.2. The van der Waals surface area contributed by atoms with Crippen LogP contribution < -0.4 is 4.90 Å². The molecule has 2 heterocycles. The Kier molecular flexibility index (Phi) is 6.80. The Morgan fingerprint density at radius 3 is 2.27 bits per heavy atom. The van der Waals surface area contributed by atoms with Crippen LogP contribution in [-0.4, -0.2) is 34.8 Å². The fraction of sp³-hybridized carbons (Fsp3) is 0.520. The van der Waals surface area contributed by atoms with Gasteiger partial charge in [-0.25, -0.2) is 18.0 Å². The number of benzene rings is 1. The quantitative estimate of drug-likeness (QED) is 0.547. The van der Waals surface area contributed by atoms with Crippen LogP contribution in [-0.2, 0) is 9.53 Å². The van der Waals surface area contributed by atoms with Gasteiger partial charge in [-0.05, 0) is 58.1 Å². The second-order valence-corrected chi connectivity index (χ2v) is 10.3. The van der Waals surface area contributed by atoms with Gasteiger partial charge in [0.2, 0.25) is 0 Å².